The number of carbonyl (C=O) groups is 2. The maximum atomic E-state index is 14.0. The Kier molecular flexibility index (Phi) is 7.61. The molecule has 13 heteroatoms. The molecule has 3 fully saturated rings. The highest BCUT2D eigenvalue weighted by molar-refractivity contribution is 5.99. The maximum absolute atomic E-state index is 14.0. The molecular weight excluding hydrogens is 606 g/mol. The number of anilines is 1. The molecule has 1 unspecified atom stereocenters. The number of benzene rings is 1. The number of aryl methyl sites for hydroxylation is 1. The third kappa shape index (κ3) is 5.54. The first kappa shape index (κ1) is 30.4. The Morgan fingerprint density at radius 1 is 1.07 bits per heavy atom. The second kappa shape index (κ2) is 11.5. The average Bonchev–Trinajstić information content (AvgIpc) is 3.51. The summed E-state index contributed by atoms with van der Waals surface area (Å²) in [4.78, 5) is 36.6. The van der Waals surface area contributed by atoms with Gasteiger partial charge in [-0.2, -0.15) is 13.2 Å². The normalized spacial score (nSPS) is 26.2. The number of fused-ring (bicyclic) bond motifs is 3. The number of aliphatic hydroxyl groups is 1. The van der Waals surface area contributed by atoms with E-state index in [0.29, 0.717) is 55.1 Å². The van der Waals surface area contributed by atoms with E-state index >= 15 is 0 Å². The molecule has 46 heavy (non-hydrogen) atoms. The lowest BCUT2D eigenvalue weighted by Crippen LogP contribution is -2.48. The molecule has 3 aromatic rings. The van der Waals surface area contributed by atoms with Crippen LogP contribution in [0.15, 0.2) is 48.3 Å². The molecule has 3 heterocycles. The molecule has 242 valence electrons. The van der Waals surface area contributed by atoms with Crippen molar-refractivity contribution >= 4 is 17.5 Å². The molecule has 0 saturated heterocycles. The second-order valence-corrected chi connectivity index (χ2v) is 12.6. The number of methoxy groups -OCH3 is 1. The van der Waals surface area contributed by atoms with Crippen LogP contribution >= 0.6 is 0 Å². The Morgan fingerprint density at radius 2 is 1.85 bits per heavy atom. The number of rotatable bonds is 7. The van der Waals surface area contributed by atoms with Gasteiger partial charge in [0.15, 0.2) is 0 Å². The molecule has 3 N–H and O–H groups in total. The molecule has 0 spiro atoms. The number of pyridine rings is 1. The van der Waals surface area contributed by atoms with Gasteiger partial charge in [0, 0.05) is 35.8 Å². The summed E-state index contributed by atoms with van der Waals surface area (Å²) in [7, 11) is 1.40. The van der Waals surface area contributed by atoms with Crippen molar-refractivity contribution in [1.82, 2.24) is 19.9 Å². The number of hydrogen-bond acceptors (Lipinski definition) is 6. The molecule has 4 aliphatic rings. The standard InChI is InChI=1S/C33H33F4N5O4/c1-46-32-23(11-17(13-39-32)26-14-38-27-9-5-19(43)15-42(26)27)30(44)41-29-21-7-6-20(22(21)10-16-2-3-16)28(29)31(45)40-18-4-8-25(34)24(12-18)33(35,36)37/h4,8,10-14,16,19-21,28-29,43H,2-3,5-7,9,15H2,1H3,(H,40,45)(H,41,44)/b22-10-/t19?,20-,21+,28-,29+/m0/s1. The topological polar surface area (TPSA) is 118 Å². The van der Waals surface area contributed by atoms with Crippen LogP contribution in [0, 0.1) is 29.5 Å². The molecule has 0 radical (unpaired) electrons. The first-order chi connectivity index (χ1) is 22.0. The minimum Gasteiger partial charge on any atom is -0.480 e. The van der Waals surface area contributed by atoms with Crippen LogP contribution in [-0.2, 0) is 23.9 Å². The summed E-state index contributed by atoms with van der Waals surface area (Å²) in [6.45, 7) is 0.370. The summed E-state index contributed by atoms with van der Waals surface area (Å²) in [5.41, 5.74) is 0.911. The fourth-order valence-electron chi connectivity index (χ4n) is 7.40. The Labute approximate surface area is 262 Å². The Hall–Kier alpha value is -4.26. The monoisotopic (exact) mass is 639 g/mol. The predicted molar refractivity (Wildman–Crippen MR) is 158 cm³/mol. The molecule has 9 nitrogen and oxygen atoms in total. The van der Waals surface area contributed by atoms with E-state index in [9.17, 15) is 32.3 Å². The van der Waals surface area contributed by atoms with Crippen LogP contribution in [0.5, 0.6) is 5.88 Å². The molecule has 2 aromatic heterocycles. The fraction of sp³-hybridized carbons (Fsp3) is 0.455. The van der Waals surface area contributed by atoms with Gasteiger partial charge in [-0.05, 0) is 68.2 Å². The van der Waals surface area contributed by atoms with Gasteiger partial charge >= 0.3 is 6.18 Å². The number of alkyl halides is 3. The van der Waals surface area contributed by atoms with Crippen molar-refractivity contribution in [3.63, 3.8) is 0 Å². The zero-order valence-electron chi connectivity index (χ0n) is 25.0. The number of ether oxygens (including phenoxy) is 1. The maximum Gasteiger partial charge on any atom is 0.419 e. The Morgan fingerprint density at radius 3 is 2.59 bits per heavy atom. The first-order valence-corrected chi connectivity index (χ1v) is 15.5. The van der Waals surface area contributed by atoms with E-state index in [2.05, 4.69) is 26.7 Å². The van der Waals surface area contributed by atoms with Crippen LogP contribution in [0.4, 0.5) is 23.2 Å². The van der Waals surface area contributed by atoms with E-state index in [-0.39, 0.29) is 29.0 Å². The number of aromatic nitrogens is 3. The number of halogens is 4. The summed E-state index contributed by atoms with van der Waals surface area (Å²) >= 11 is 0. The van der Waals surface area contributed by atoms with Crippen LogP contribution in [0.25, 0.3) is 11.3 Å². The van der Waals surface area contributed by atoms with Crippen LogP contribution in [0.3, 0.4) is 0 Å². The van der Waals surface area contributed by atoms with Gasteiger partial charge in [-0.1, -0.05) is 11.6 Å². The lowest BCUT2D eigenvalue weighted by Gasteiger charge is -2.30. The van der Waals surface area contributed by atoms with Crippen molar-refractivity contribution in [1.29, 1.82) is 0 Å². The zero-order chi connectivity index (χ0) is 32.3. The van der Waals surface area contributed by atoms with Crippen molar-refractivity contribution in [3.05, 3.63) is 71.1 Å². The number of allylic oxidation sites excluding steroid dienone is 1. The highest BCUT2D eigenvalue weighted by Crippen LogP contribution is 2.54. The Bertz CT molecular complexity index is 1730. The summed E-state index contributed by atoms with van der Waals surface area (Å²) in [5.74, 6) is -2.19. The minimum atomic E-state index is -4.93. The molecule has 5 atom stereocenters. The molecule has 1 aromatic carbocycles. The molecule has 3 saturated carbocycles. The molecule has 2 bridgehead atoms. The van der Waals surface area contributed by atoms with Gasteiger partial charge in [-0.25, -0.2) is 14.4 Å². The molecule has 3 aliphatic carbocycles. The first-order valence-electron chi connectivity index (χ1n) is 15.5. The van der Waals surface area contributed by atoms with Crippen LogP contribution in [0.2, 0.25) is 0 Å². The number of hydrogen-bond donors (Lipinski definition) is 3. The lowest BCUT2D eigenvalue weighted by molar-refractivity contribution is -0.140. The van der Waals surface area contributed by atoms with Crippen LogP contribution in [-0.4, -0.2) is 50.7 Å². The third-order valence-corrected chi connectivity index (χ3v) is 9.71. The van der Waals surface area contributed by atoms with E-state index in [1.807, 2.05) is 4.57 Å². The van der Waals surface area contributed by atoms with E-state index in [1.165, 1.54) is 7.11 Å². The smallest absolute Gasteiger partial charge is 0.419 e. The number of imidazole rings is 1. The van der Waals surface area contributed by atoms with Crippen molar-refractivity contribution < 1.29 is 37.0 Å². The van der Waals surface area contributed by atoms with Gasteiger partial charge in [0.1, 0.15) is 17.2 Å². The van der Waals surface area contributed by atoms with Crippen molar-refractivity contribution in [2.45, 2.75) is 63.4 Å². The van der Waals surface area contributed by atoms with E-state index in [4.69, 9.17) is 4.74 Å². The summed E-state index contributed by atoms with van der Waals surface area (Å²) in [6.07, 6.45) is 4.84. The van der Waals surface area contributed by atoms with Gasteiger partial charge in [0.05, 0.1) is 43.1 Å². The van der Waals surface area contributed by atoms with Gasteiger partial charge < -0.3 is 25.0 Å². The number of carbonyl (C=O) groups excluding carboxylic acids is 2. The van der Waals surface area contributed by atoms with Crippen LogP contribution < -0.4 is 15.4 Å². The Balaban J connectivity index is 1.19. The predicted octanol–water partition coefficient (Wildman–Crippen LogP) is 5.15. The quantitative estimate of drug-likeness (QED) is 0.243. The lowest BCUT2D eigenvalue weighted by atomic mass is 9.83. The van der Waals surface area contributed by atoms with Gasteiger partial charge in [-0.15, -0.1) is 0 Å². The number of nitrogens with zero attached hydrogens (tertiary/aromatic N) is 3. The summed E-state index contributed by atoms with van der Waals surface area (Å²) < 4.78 is 61.4. The summed E-state index contributed by atoms with van der Waals surface area (Å²) in [6, 6.07) is 3.38. The number of nitrogens with one attached hydrogen (secondary N) is 2. The van der Waals surface area contributed by atoms with Crippen LogP contribution in [0.1, 0.15) is 53.8 Å². The van der Waals surface area contributed by atoms with E-state index in [1.54, 1.807) is 18.5 Å². The molecule has 1 aliphatic heterocycles. The average molecular weight is 640 g/mol. The van der Waals surface area contributed by atoms with Gasteiger partial charge in [0.2, 0.25) is 11.8 Å². The summed E-state index contributed by atoms with van der Waals surface area (Å²) in [5, 5.41) is 15.9. The van der Waals surface area contributed by atoms with Crippen molar-refractivity contribution in [3.8, 4) is 17.1 Å². The number of aliphatic hydroxyl groups excluding tert-OH is 1. The van der Waals surface area contributed by atoms with E-state index in [0.717, 1.165) is 36.7 Å². The van der Waals surface area contributed by atoms with E-state index < -0.39 is 47.4 Å². The molecule has 2 amide bonds. The number of amides is 2. The van der Waals surface area contributed by atoms with Crippen molar-refractivity contribution in [2.24, 2.45) is 23.7 Å². The highest BCUT2D eigenvalue weighted by Gasteiger charge is 2.55. The van der Waals surface area contributed by atoms with Crippen molar-refractivity contribution in [2.75, 3.05) is 12.4 Å². The highest BCUT2D eigenvalue weighted by atomic mass is 19.4. The SMILES string of the molecule is COc1ncc(-c2cnc3n2CC(O)CC3)cc1C(=O)N[C@H]1[C@@H](C(=O)Nc2ccc(F)c(C(F)(F)F)c2)[C@H]2CC[C@@H]1/C2=C\C1CC1. The fourth-order valence-corrected chi connectivity index (χ4v) is 7.40. The van der Waals surface area contributed by atoms with Gasteiger partial charge in [0.25, 0.3) is 5.91 Å². The third-order valence-electron chi connectivity index (χ3n) is 9.71. The molecule has 7 rings (SSSR count). The zero-order valence-corrected chi connectivity index (χ0v) is 25.0. The van der Waals surface area contributed by atoms with Gasteiger partial charge in [-0.3, -0.25) is 9.59 Å². The molecular formula is C33H33F4N5O4. The largest absolute Gasteiger partial charge is 0.480 e. The minimum absolute atomic E-state index is 0.0866. The second-order valence-electron chi connectivity index (χ2n) is 12.6.